The van der Waals surface area contributed by atoms with Crippen LogP contribution in [0.4, 0.5) is 20.8 Å². The zero-order valence-corrected chi connectivity index (χ0v) is 20.7. The van der Waals surface area contributed by atoms with E-state index in [-0.39, 0.29) is 17.5 Å². The monoisotopic (exact) mass is 511 g/mol. The lowest BCUT2D eigenvalue weighted by Crippen LogP contribution is -2.19. The number of rotatable bonds is 10. The molecule has 0 aliphatic heterocycles. The van der Waals surface area contributed by atoms with Crippen LogP contribution in [0.2, 0.25) is 0 Å². The Morgan fingerprint density at radius 2 is 1.89 bits per heavy atom. The topological polar surface area (TPSA) is 130 Å². The standard InChI is InChI=1S/C25H26FN5O6/c1-25(2,26)21-13-22(37-31-21)30-24(32)29-15-6-5-7-16(10-15)36-23-17-11-19(34-4)20(35-9-8-33-3)12-18(17)27-14-28-23/h5-7,10-14H,8-9H2,1-4H3,(H2,29,30,32). The quantitative estimate of drug-likeness (QED) is 0.273. The number of nitrogens with one attached hydrogen (secondary N) is 2. The van der Waals surface area contributed by atoms with Crippen LogP contribution in [0.5, 0.6) is 23.1 Å². The van der Waals surface area contributed by atoms with Gasteiger partial charge in [-0.15, -0.1) is 0 Å². The summed E-state index contributed by atoms with van der Waals surface area (Å²) < 4.78 is 41.1. The highest BCUT2D eigenvalue weighted by molar-refractivity contribution is 5.99. The van der Waals surface area contributed by atoms with E-state index in [0.29, 0.717) is 47.1 Å². The van der Waals surface area contributed by atoms with Crippen molar-refractivity contribution < 1.29 is 32.7 Å². The molecule has 37 heavy (non-hydrogen) atoms. The van der Waals surface area contributed by atoms with Crippen LogP contribution in [-0.4, -0.2) is 48.6 Å². The first-order valence-corrected chi connectivity index (χ1v) is 11.2. The van der Waals surface area contributed by atoms with Gasteiger partial charge in [0.1, 0.15) is 24.4 Å². The highest BCUT2D eigenvalue weighted by atomic mass is 19.1. The van der Waals surface area contributed by atoms with E-state index in [4.69, 9.17) is 23.5 Å². The van der Waals surface area contributed by atoms with Gasteiger partial charge in [0.05, 0.1) is 24.6 Å². The second kappa shape index (κ2) is 11.1. The number of fused-ring (bicyclic) bond motifs is 1. The van der Waals surface area contributed by atoms with Crippen molar-refractivity contribution in [1.29, 1.82) is 0 Å². The number of carbonyl (C=O) groups is 1. The van der Waals surface area contributed by atoms with Crippen LogP contribution >= 0.6 is 0 Å². The average Bonchev–Trinajstić information content (AvgIpc) is 3.33. The number of urea groups is 1. The molecule has 0 radical (unpaired) electrons. The van der Waals surface area contributed by atoms with Gasteiger partial charge in [-0.25, -0.2) is 19.2 Å². The van der Waals surface area contributed by atoms with Gasteiger partial charge in [0.25, 0.3) is 0 Å². The van der Waals surface area contributed by atoms with Gasteiger partial charge in [-0.05, 0) is 32.0 Å². The summed E-state index contributed by atoms with van der Waals surface area (Å²) in [5, 5.41) is 9.36. The lowest BCUT2D eigenvalue weighted by atomic mass is 10.1. The van der Waals surface area contributed by atoms with Crippen LogP contribution in [0.3, 0.4) is 0 Å². The molecule has 2 aromatic carbocycles. The van der Waals surface area contributed by atoms with Gasteiger partial charge < -0.3 is 28.8 Å². The lowest BCUT2D eigenvalue weighted by molar-refractivity contribution is 0.144. The Labute approximate surface area is 211 Å². The van der Waals surface area contributed by atoms with Crippen molar-refractivity contribution in [2.45, 2.75) is 19.5 Å². The van der Waals surface area contributed by atoms with Crippen molar-refractivity contribution in [3.63, 3.8) is 0 Å². The molecule has 2 amide bonds. The van der Waals surface area contributed by atoms with Crippen molar-refractivity contribution in [2.75, 3.05) is 38.1 Å². The Hall–Kier alpha value is -4.45. The smallest absolute Gasteiger partial charge is 0.326 e. The van der Waals surface area contributed by atoms with Crippen LogP contribution in [0.25, 0.3) is 10.9 Å². The molecule has 0 fully saturated rings. The van der Waals surface area contributed by atoms with Crippen molar-refractivity contribution in [1.82, 2.24) is 15.1 Å². The minimum atomic E-state index is -1.70. The minimum Gasteiger partial charge on any atom is -0.493 e. The summed E-state index contributed by atoms with van der Waals surface area (Å²) in [5.41, 5.74) is -0.597. The Morgan fingerprint density at radius 3 is 2.62 bits per heavy atom. The van der Waals surface area contributed by atoms with Crippen LogP contribution in [0, 0.1) is 0 Å². The van der Waals surface area contributed by atoms with E-state index < -0.39 is 11.7 Å². The number of carbonyl (C=O) groups excluding carboxylic acids is 1. The number of amides is 2. The summed E-state index contributed by atoms with van der Waals surface area (Å²) in [7, 11) is 3.13. The average molecular weight is 512 g/mol. The molecule has 2 heterocycles. The molecule has 0 aliphatic carbocycles. The highest BCUT2D eigenvalue weighted by Gasteiger charge is 2.24. The number of ether oxygens (including phenoxy) is 4. The Kier molecular flexibility index (Phi) is 7.68. The summed E-state index contributed by atoms with van der Waals surface area (Å²) >= 11 is 0. The number of alkyl halides is 1. The highest BCUT2D eigenvalue weighted by Crippen LogP contribution is 2.36. The maximum atomic E-state index is 14.0. The van der Waals surface area contributed by atoms with Crippen LogP contribution in [-0.2, 0) is 10.4 Å². The van der Waals surface area contributed by atoms with Crippen LogP contribution in [0.1, 0.15) is 19.5 Å². The second-order valence-corrected chi connectivity index (χ2v) is 8.30. The fourth-order valence-corrected chi connectivity index (χ4v) is 3.27. The maximum Gasteiger partial charge on any atom is 0.326 e. The van der Waals surface area contributed by atoms with Crippen LogP contribution in [0.15, 0.2) is 53.3 Å². The largest absolute Gasteiger partial charge is 0.493 e. The summed E-state index contributed by atoms with van der Waals surface area (Å²) in [6.45, 7) is 3.46. The normalized spacial score (nSPS) is 11.3. The molecular formula is C25H26FN5O6. The molecule has 12 heteroatoms. The Bertz CT molecular complexity index is 1390. The molecule has 0 bridgehead atoms. The fraction of sp³-hybridized carbons (Fsp3) is 0.280. The predicted molar refractivity (Wildman–Crippen MR) is 133 cm³/mol. The molecule has 0 unspecified atom stereocenters. The number of benzene rings is 2. The van der Waals surface area contributed by atoms with Gasteiger partial charge in [-0.3, -0.25) is 5.32 Å². The van der Waals surface area contributed by atoms with E-state index in [2.05, 4.69) is 25.8 Å². The number of hydrogen-bond donors (Lipinski definition) is 2. The zero-order chi connectivity index (χ0) is 26.4. The summed E-state index contributed by atoms with van der Waals surface area (Å²) in [4.78, 5) is 20.9. The molecular weight excluding hydrogens is 485 g/mol. The van der Waals surface area contributed by atoms with Gasteiger partial charge in [0, 0.05) is 31.0 Å². The minimum absolute atomic E-state index is 0.0117. The van der Waals surface area contributed by atoms with Gasteiger partial charge in [0.15, 0.2) is 17.2 Å². The van der Waals surface area contributed by atoms with E-state index >= 15 is 0 Å². The molecule has 2 N–H and O–H groups in total. The third kappa shape index (κ3) is 6.41. The number of methoxy groups -OCH3 is 2. The molecule has 2 aromatic heterocycles. The summed E-state index contributed by atoms with van der Waals surface area (Å²) in [6, 6.07) is 10.9. The van der Waals surface area contributed by atoms with Crippen LogP contribution < -0.4 is 24.8 Å². The number of hydrogen-bond acceptors (Lipinski definition) is 9. The molecule has 194 valence electrons. The van der Waals surface area contributed by atoms with E-state index in [0.717, 1.165) is 0 Å². The Balaban J connectivity index is 1.49. The van der Waals surface area contributed by atoms with Crippen molar-refractivity contribution in [2.24, 2.45) is 0 Å². The second-order valence-electron chi connectivity index (χ2n) is 8.30. The molecule has 0 atom stereocenters. The van der Waals surface area contributed by atoms with Crippen molar-refractivity contribution in [3.05, 3.63) is 54.5 Å². The third-order valence-corrected chi connectivity index (χ3v) is 5.09. The van der Waals surface area contributed by atoms with Crippen molar-refractivity contribution in [3.8, 4) is 23.1 Å². The zero-order valence-electron chi connectivity index (χ0n) is 20.7. The summed E-state index contributed by atoms with van der Waals surface area (Å²) in [6.07, 6.45) is 1.38. The first-order chi connectivity index (χ1) is 17.8. The molecule has 0 saturated carbocycles. The molecule has 0 spiro atoms. The first-order valence-electron chi connectivity index (χ1n) is 11.2. The molecule has 0 aliphatic rings. The number of aromatic nitrogens is 3. The predicted octanol–water partition coefficient (Wildman–Crippen LogP) is 5.29. The Morgan fingerprint density at radius 1 is 1.05 bits per heavy atom. The van der Waals surface area contributed by atoms with E-state index in [1.807, 2.05) is 0 Å². The molecule has 4 aromatic rings. The van der Waals surface area contributed by atoms with Gasteiger partial charge in [-0.1, -0.05) is 11.2 Å². The number of halogens is 1. The SMILES string of the molecule is COCCOc1cc2ncnc(Oc3cccc(NC(=O)Nc4cc(C(C)(C)F)no4)c3)c2cc1OC. The van der Waals surface area contributed by atoms with E-state index in [1.54, 1.807) is 43.5 Å². The van der Waals surface area contributed by atoms with E-state index in [9.17, 15) is 9.18 Å². The summed E-state index contributed by atoms with van der Waals surface area (Å²) in [5.74, 6) is 1.72. The van der Waals surface area contributed by atoms with E-state index in [1.165, 1.54) is 33.4 Å². The van der Waals surface area contributed by atoms with Gasteiger partial charge in [-0.2, -0.15) is 0 Å². The maximum absolute atomic E-state index is 14.0. The third-order valence-electron chi connectivity index (χ3n) is 5.09. The van der Waals surface area contributed by atoms with Gasteiger partial charge in [0.2, 0.25) is 11.8 Å². The molecule has 0 saturated heterocycles. The number of anilines is 2. The van der Waals surface area contributed by atoms with Crippen molar-refractivity contribution >= 4 is 28.5 Å². The number of nitrogens with zero attached hydrogens (tertiary/aromatic N) is 3. The first kappa shape index (κ1) is 25.6. The lowest BCUT2D eigenvalue weighted by Gasteiger charge is -2.13. The fourth-order valence-electron chi connectivity index (χ4n) is 3.27. The molecule has 4 rings (SSSR count). The van der Waals surface area contributed by atoms with Gasteiger partial charge >= 0.3 is 6.03 Å². The molecule has 11 nitrogen and oxygen atoms in total.